The number of likely N-dealkylation sites (N-methyl/N-ethyl adjacent to an activating group) is 1. The lowest BCUT2D eigenvalue weighted by Crippen LogP contribution is -2.46. The van der Waals surface area contributed by atoms with Gasteiger partial charge in [-0.1, -0.05) is 17.8 Å². The van der Waals surface area contributed by atoms with Crippen LogP contribution < -0.4 is 4.74 Å². The number of nitrogens with zero attached hydrogens (tertiary/aromatic N) is 2. The number of piperazine rings is 1. The second kappa shape index (κ2) is 12.0. The fraction of sp³-hybridized carbons (Fsp3) is 0.360. The Bertz CT molecular complexity index is 1040. The van der Waals surface area contributed by atoms with Gasteiger partial charge in [0.1, 0.15) is 11.6 Å². The van der Waals surface area contributed by atoms with E-state index >= 15 is 0 Å². The molecule has 2 N–H and O–H groups in total. The van der Waals surface area contributed by atoms with Gasteiger partial charge in [-0.3, -0.25) is 4.90 Å². The van der Waals surface area contributed by atoms with Gasteiger partial charge in [0, 0.05) is 54.2 Å². The number of aliphatic carboxylic acids is 2. The largest absolute Gasteiger partial charge is 0.494 e. The minimum atomic E-state index is -1.26. The average Bonchev–Trinajstić information content (AvgIpc) is 2.95. The van der Waals surface area contributed by atoms with Crippen LogP contribution in [0.3, 0.4) is 0 Å². The van der Waals surface area contributed by atoms with Crippen molar-refractivity contribution in [3.05, 3.63) is 65.5 Å². The number of rotatable bonds is 5. The zero-order valence-electron chi connectivity index (χ0n) is 19.2. The van der Waals surface area contributed by atoms with Crippen molar-refractivity contribution in [1.29, 1.82) is 0 Å². The number of ether oxygens (including phenoxy) is 1. The molecule has 0 aromatic heterocycles. The van der Waals surface area contributed by atoms with E-state index in [0.717, 1.165) is 43.2 Å². The summed E-state index contributed by atoms with van der Waals surface area (Å²) in [5.74, 6) is -1.76. The molecular formula is C25H29FN2O5S. The van der Waals surface area contributed by atoms with Crippen molar-refractivity contribution >= 4 is 23.7 Å². The lowest BCUT2D eigenvalue weighted by Gasteiger charge is -2.38. The number of fused-ring (bicyclic) bond motifs is 2. The summed E-state index contributed by atoms with van der Waals surface area (Å²) in [6.07, 6.45) is 2.03. The molecule has 2 aromatic rings. The third-order valence-electron chi connectivity index (χ3n) is 5.66. The van der Waals surface area contributed by atoms with E-state index in [1.165, 1.54) is 16.0 Å². The normalized spacial score (nSPS) is 18.3. The summed E-state index contributed by atoms with van der Waals surface area (Å²) in [6.45, 7) is 6.95. The standard InChI is InChI=1S/C21H25FN2OS.C4H4O4/c1-3-25-17-6-7-20-18(14-17)19(24-10-8-23(2)9-11-24)12-15-4-5-16(22)13-21(15)26-20;5-3(6)1-2-4(7)8/h4-7,13-14,19H,3,8-12H2,1-2H3;1-2H,(H,5,6)(H,7,8)/b;2-1+. The quantitative estimate of drug-likeness (QED) is 0.612. The summed E-state index contributed by atoms with van der Waals surface area (Å²) in [6, 6.07) is 11.9. The molecule has 0 amide bonds. The fourth-order valence-electron chi connectivity index (χ4n) is 3.97. The highest BCUT2D eigenvalue weighted by atomic mass is 32.2. The summed E-state index contributed by atoms with van der Waals surface area (Å²) in [4.78, 5) is 26.3. The van der Waals surface area contributed by atoms with Crippen LogP contribution in [0, 0.1) is 5.82 Å². The first-order valence-electron chi connectivity index (χ1n) is 11.1. The third-order valence-corrected chi connectivity index (χ3v) is 6.85. The van der Waals surface area contributed by atoms with Gasteiger partial charge < -0.3 is 19.8 Å². The lowest BCUT2D eigenvalue weighted by atomic mass is 9.96. The third kappa shape index (κ3) is 7.06. The van der Waals surface area contributed by atoms with E-state index in [1.54, 1.807) is 23.9 Å². The summed E-state index contributed by atoms with van der Waals surface area (Å²) in [7, 11) is 2.18. The first kappa shape index (κ1) is 25.7. The minimum absolute atomic E-state index is 0.165. The molecule has 0 aliphatic carbocycles. The Morgan fingerprint density at radius 3 is 2.35 bits per heavy atom. The fourth-order valence-corrected chi connectivity index (χ4v) is 5.11. The van der Waals surface area contributed by atoms with Gasteiger partial charge in [-0.2, -0.15) is 0 Å². The molecule has 2 aliphatic rings. The molecule has 0 saturated carbocycles. The molecule has 34 heavy (non-hydrogen) atoms. The number of hydrogen-bond donors (Lipinski definition) is 2. The molecule has 1 fully saturated rings. The van der Waals surface area contributed by atoms with Crippen LogP contribution in [0.5, 0.6) is 5.75 Å². The summed E-state index contributed by atoms with van der Waals surface area (Å²) < 4.78 is 19.6. The van der Waals surface area contributed by atoms with Gasteiger partial charge in [0.2, 0.25) is 0 Å². The predicted octanol–water partition coefficient (Wildman–Crippen LogP) is 3.93. The van der Waals surface area contributed by atoms with Crippen molar-refractivity contribution in [2.24, 2.45) is 0 Å². The topological polar surface area (TPSA) is 90.3 Å². The van der Waals surface area contributed by atoms with E-state index in [0.29, 0.717) is 24.8 Å². The van der Waals surface area contributed by atoms with Crippen molar-refractivity contribution in [1.82, 2.24) is 9.80 Å². The summed E-state index contributed by atoms with van der Waals surface area (Å²) in [5.41, 5.74) is 2.54. The molecule has 2 aromatic carbocycles. The van der Waals surface area contributed by atoms with Crippen molar-refractivity contribution in [3.8, 4) is 5.75 Å². The van der Waals surface area contributed by atoms with Crippen LogP contribution in [0.15, 0.2) is 58.3 Å². The molecule has 7 nitrogen and oxygen atoms in total. The predicted molar refractivity (Wildman–Crippen MR) is 128 cm³/mol. The molecule has 0 bridgehead atoms. The number of benzene rings is 2. The highest BCUT2D eigenvalue weighted by Crippen LogP contribution is 2.44. The van der Waals surface area contributed by atoms with Gasteiger partial charge in [-0.15, -0.1) is 0 Å². The molecule has 1 unspecified atom stereocenters. The molecule has 0 radical (unpaired) electrons. The van der Waals surface area contributed by atoms with E-state index in [9.17, 15) is 14.0 Å². The van der Waals surface area contributed by atoms with Crippen molar-refractivity contribution in [3.63, 3.8) is 0 Å². The first-order valence-corrected chi connectivity index (χ1v) is 11.9. The second-order valence-electron chi connectivity index (χ2n) is 8.06. The number of hydrogen-bond acceptors (Lipinski definition) is 6. The van der Waals surface area contributed by atoms with E-state index in [4.69, 9.17) is 14.9 Å². The Hall–Kier alpha value is -2.88. The zero-order chi connectivity index (χ0) is 24.7. The van der Waals surface area contributed by atoms with Gasteiger partial charge in [-0.25, -0.2) is 14.0 Å². The summed E-state index contributed by atoms with van der Waals surface area (Å²) >= 11 is 1.68. The van der Waals surface area contributed by atoms with Crippen LogP contribution in [0.25, 0.3) is 0 Å². The van der Waals surface area contributed by atoms with Gasteiger partial charge in [0.05, 0.1) is 6.61 Å². The number of carboxylic acid groups (broad SMARTS) is 2. The molecule has 4 rings (SSSR count). The SMILES string of the molecule is CCOc1ccc2c(c1)C(N1CCN(C)CC1)Cc1ccc(F)cc1S2.O=C(O)/C=C/C(=O)O. The Balaban J connectivity index is 0.000000350. The van der Waals surface area contributed by atoms with E-state index < -0.39 is 11.9 Å². The van der Waals surface area contributed by atoms with Gasteiger partial charge in [0.25, 0.3) is 0 Å². The van der Waals surface area contributed by atoms with Crippen LogP contribution in [-0.4, -0.2) is 71.8 Å². The molecule has 2 heterocycles. The molecule has 0 spiro atoms. The molecule has 1 atom stereocenters. The Morgan fingerprint density at radius 1 is 1.06 bits per heavy atom. The second-order valence-corrected chi connectivity index (χ2v) is 9.14. The van der Waals surface area contributed by atoms with Gasteiger partial charge >= 0.3 is 11.9 Å². The molecule has 2 aliphatic heterocycles. The number of carbonyl (C=O) groups is 2. The Morgan fingerprint density at radius 2 is 1.74 bits per heavy atom. The number of halogens is 1. The Labute approximate surface area is 202 Å². The van der Waals surface area contributed by atoms with Crippen LogP contribution >= 0.6 is 11.8 Å². The van der Waals surface area contributed by atoms with Crippen LogP contribution in [0.2, 0.25) is 0 Å². The van der Waals surface area contributed by atoms with Crippen molar-refractivity contribution in [2.45, 2.75) is 29.2 Å². The maximum absolute atomic E-state index is 13.8. The highest BCUT2D eigenvalue weighted by molar-refractivity contribution is 7.99. The van der Waals surface area contributed by atoms with Crippen molar-refractivity contribution < 1.29 is 28.9 Å². The average molecular weight is 489 g/mol. The van der Waals surface area contributed by atoms with Crippen LogP contribution in [-0.2, 0) is 16.0 Å². The maximum atomic E-state index is 13.8. The smallest absolute Gasteiger partial charge is 0.328 e. The zero-order valence-corrected chi connectivity index (χ0v) is 20.1. The van der Waals surface area contributed by atoms with Crippen LogP contribution in [0.1, 0.15) is 24.1 Å². The molecule has 182 valence electrons. The highest BCUT2D eigenvalue weighted by Gasteiger charge is 2.30. The van der Waals surface area contributed by atoms with Crippen molar-refractivity contribution in [2.75, 3.05) is 39.8 Å². The molecule has 9 heteroatoms. The van der Waals surface area contributed by atoms with E-state index in [2.05, 4.69) is 29.0 Å². The van der Waals surface area contributed by atoms with Gasteiger partial charge in [0.15, 0.2) is 0 Å². The van der Waals surface area contributed by atoms with Gasteiger partial charge in [-0.05, 0) is 61.9 Å². The molecular weight excluding hydrogens is 459 g/mol. The monoisotopic (exact) mass is 488 g/mol. The summed E-state index contributed by atoms with van der Waals surface area (Å²) in [5, 5.41) is 15.6. The van der Waals surface area contributed by atoms with E-state index in [-0.39, 0.29) is 5.82 Å². The van der Waals surface area contributed by atoms with E-state index in [1.807, 2.05) is 19.1 Å². The minimum Gasteiger partial charge on any atom is -0.494 e. The molecule has 1 saturated heterocycles. The maximum Gasteiger partial charge on any atom is 0.328 e. The number of carboxylic acids is 2. The van der Waals surface area contributed by atoms with Crippen LogP contribution in [0.4, 0.5) is 4.39 Å². The Kier molecular flexibility index (Phi) is 9.09. The first-order chi connectivity index (χ1) is 16.3. The lowest BCUT2D eigenvalue weighted by molar-refractivity contribution is -0.134.